The number of aliphatic hydroxyl groups excluding tert-OH is 1. The second kappa shape index (κ2) is 11.1. The molecule has 0 fully saturated rings. The van der Waals surface area contributed by atoms with Crippen LogP contribution in [-0.4, -0.2) is 35.1 Å². The van der Waals surface area contributed by atoms with E-state index in [9.17, 15) is 13.5 Å². The Bertz CT molecular complexity index is 1540. The number of nitrogens with zero attached hydrogens (tertiary/aromatic N) is 3. The molecule has 4 N–H and O–H groups in total. The first kappa shape index (κ1) is 27.0. The molecule has 0 aliphatic carbocycles. The van der Waals surface area contributed by atoms with Crippen LogP contribution in [0.3, 0.4) is 0 Å². The Hall–Kier alpha value is -4.06. The molecule has 0 saturated carbocycles. The maximum absolute atomic E-state index is 12.9. The lowest BCUT2D eigenvalue weighted by Crippen LogP contribution is -2.29. The maximum Gasteiger partial charge on any atom is 0.260 e. The number of aliphatic hydroxyl groups is 1. The van der Waals surface area contributed by atoms with Gasteiger partial charge in [0.05, 0.1) is 17.9 Å². The molecule has 4 aromatic rings. The molecule has 0 aliphatic heterocycles. The highest BCUT2D eigenvalue weighted by Gasteiger charge is 2.25. The summed E-state index contributed by atoms with van der Waals surface area (Å²) in [5, 5.41) is 10.7. The number of aryl methyl sites for hydroxylation is 3. The van der Waals surface area contributed by atoms with Crippen LogP contribution in [0.25, 0.3) is 11.3 Å². The molecule has 0 amide bonds. The zero-order valence-corrected chi connectivity index (χ0v) is 22.3. The lowest BCUT2D eigenvalue weighted by atomic mass is 10.1. The van der Waals surface area contributed by atoms with E-state index < -0.39 is 16.3 Å². The van der Waals surface area contributed by atoms with Gasteiger partial charge < -0.3 is 20.3 Å². The van der Waals surface area contributed by atoms with Gasteiger partial charge in [-0.3, -0.25) is 0 Å². The van der Waals surface area contributed by atoms with Gasteiger partial charge in [-0.05, 0) is 69.2 Å². The van der Waals surface area contributed by atoms with E-state index in [1.54, 1.807) is 30.5 Å². The van der Waals surface area contributed by atoms with Crippen molar-refractivity contribution in [1.29, 1.82) is 0 Å². The van der Waals surface area contributed by atoms with Gasteiger partial charge in [-0.25, -0.2) is 23.4 Å². The van der Waals surface area contributed by atoms with Crippen LogP contribution < -0.4 is 19.9 Å². The summed E-state index contributed by atoms with van der Waals surface area (Å²) in [6.45, 7) is 8.15. The Morgan fingerprint density at radius 1 is 1.03 bits per heavy atom. The van der Waals surface area contributed by atoms with Crippen LogP contribution in [0.1, 0.15) is 35.4 Å². The quantitative estimate of drug-likeness (QED) is 0.268. The van der Waals surface area contributed by atoms with Gasteiger partial charge >= 0.3 is 0 Å². The molecule has 0 spiro atoms. The molecule has 3 heterocycles. The largest absolute Gasteiger partial charge is 0.478 e. The first-order chi connectivity index (χ1) is 18.1. The van der Waals surface area contributed by atoms with Gasteiger partial charge in [-0.15, -0.1) is 0 Å². The zero-order chi connectivity index (χ0) is 27.4. The van der Waals surface area contributed by atoms with Crippen molar-refractivity contribution in [2.45, 2.75) is 38.9 Å². The van der Waals surface area contributed by atoms with E-state index in [4.69, 9.17) is 15.2 Å². The third-order valence-electron chi connectivity index (χ3n) is 5.60. The first-order valence-corrected chi connectivity index (χ1v) is 13.3. The predicted molar refractivity (Wildman–Crippen MR) is 143 cm³/mol. The minimum Gasteiger partial charge on any atom is -0.478 e. The van der Waals surface area contributed by atoms with Crippen molar-refractivity contribution in [3.63, 3.8) is 0 Å². The van der Waals surface area contributed by atoms with Crippen LogP contribution in [0, 0.1) is 20.8 Å². The van der Waals surface area contributed by atoms with Gasteiger partial charge in [0.15, 0.2) is 5.03 Å². The fraction of sp³-hybridized carbons (Fsp3) is 0.222. The molecule has 38 heavy (non-hydrogen) atoms. The summed E-state index contributed by atoms with van der Waals surface area (Å²) in [7, 11) is -4.21. The number of hydrogen-bond acceptors (Lipinski definition) is 9. The maximum atomic E-state index is 12.9. The van der Waals surface area contributed by atoms with Crippen LogP contribution >= 0.6 is 0 Å². The predicted octanol–water partition coefficient (Wildman–Crippen LogP) is 4.21. The summed E-state index contributed by atoms with van der Waals surface area (Å²) in [6, 6.07) is 14.9. The summed E-state index contributed by atoms with van der Waals surface area (Å²) in [4.78, 5) is 12.7. The van der Waals surface area contributed by atoms with Crippen LogP contribution in [0.15, 0.2) is 65.8 Å². The topological polar surface area (TPSA) is 150 Å². The van der Waals surface area contributed by atoms with Crippen LogP contribution in [-0.2, 0) is 10.0 Å². The average Bonchev–Trinajstić information content (AvgIpc) is 2.86. The lowest BCUT2D eigenvalue weighted by molar-refractivity contribution is 0.162. The molecule has 1 unspecified atom stereocenters. The van der Waals surface area contributed by atoms with E-state index in [2.05, 4.69) is 19.7 Å². The van der Waals surface area contributed by atoms with Gasteiger partial charge in [-0.1, -0.05) is 23.8 Å². The van der Waals surface area contributed by atoms with E-state index in [1.165, 1.54) is 18.2 Å². The second-order valence-electron chi connectivity index (χ2n) is 8.66. The number of benzene rings is 1. The van der Waals surface area contributed by atoms with Crippen molar-refractivity contribution < 1.29 is 23.0 Å². The summed E-state index contributed by atoms with van der Waals surface area (Å²) in [5.74, 6) is 1.10. The number of ether oxygens (including phenoxy) is 2. The molecule has 198 valence electrons. The highest BCUT2D eigenvalue weighted by Crippen LogP contribution is 2.34. The van der Waals surface area contributed by atoms with E-state index in [-0.39, 0.29) is 22.3 Å². The molecule has 0 aliphatic rings. The van der Waals surface area contributed by atoms with E-state index >= 15 is 0 Å². The summed E-state index contributed by atoms with van der Waals surface area (Å²) in [5.41, 5.74) is 9.73. The monoisotopic (exact) mass is 535 g/mol. The Morgan fingerprint density at radius 3 is 2.39 bits per heavy atom. The normalized spacial score (nSPS) is 12.2. The van der Waals surface area contributed by atoms with Crippen molar-refractivity contribution in [3.05, 3.63) is 83.0 Å². The summed E-state index contributed by atoms with van der Waals surface area (Å²) in [6.07, 6.45) is -0.0756. The Labute approximate surface area is 221 Å². The second-order valence-corrected chi connectivity index (χ2v) is 10.3. The van der Waals surface area contributed by atoms with E-state index in [0.29, 0.717) is 29.5 Å². The van der Waals surface area contributed by atoms with Crippen LogP contribution in [0.4, 0.5) is 5.82 Å². The number of rotatable bonds is 9. The number of pyridine rings is 3. The number of nitrogens with one attached hydrogen (secondary N) is 1. The Morgan fingerprint density at radius 2 is 1.76 bits per heavy atom. The smallest absolute Gasteiger partial charge is 0.260 e. The molecule has 4 rings (SSSR count). The molecular weight excluding hydrogens is 506 g/mol. The molecule has 3 aromatic heterocycles. The van der Waals surface area contributed by atoms with Crippen molar-refractivity contribution in [2.24, 2.45) is 0 Å². The van der Waals surface area contributed by atoms with Crippen molar-refractivity contribution in [2.75, 3.05) is 12.3 Å². The number of nitrogens with two attached hydrogens (primary N) is 1. The van der Waals surface area contributed by atoms with Gasteiger partial charge in [-0.2, -0.15) is 4.72 Å². The molecule has 0 radical (unpaired) electrons. The highest BCUT2D eigenvalue weighted by atomic mass is 32.2. The van der Waals surface area contributed by atoms with E-state index in [0.717, 1.165) is 16.7 Å². The number of aromatic nitrogens is 3. The number of nitrogen functional groups attached to an aromatic ring is 1. The highest BCUT2D eigenvalue weighted by molar-refractivity contribution is 7.89. The molecule has 0 saturated heterocycles. The molecule has 1 atom stereocenters. The van der Waals surface area contributed by atoms with Crippen LogP contribution in [0.2, 0.25) is 0 Å². The first-order valence-electron chi connectivity index (χ1n) is 11.9. The standard InChI is InChI=1S/C27H29N5O5S/c1-5-36-23-12-9-19(15-29-23)21-11-10-20(26(33)32-38(34,35)24-8-6-7-22(28)31-24)27(30-21)37-25-17(3)13-16(2)14-18(25)4/h6-15,26,32-33H,5H2,1-4H3,(H2,28,31). The lowest BCUT2D eigenvalue weighted by Gasteiger charge is -2.19. The fourth-order valence-electron chi connectivity index (χ4n) is 3.94. The van der Waals surface area contributed by atoms with Crippen molar-refractivity contribution in [3.8, 4) is 28.8 Å². The van der Waals surface area contributed by atoms with Gasteiger partial charge in [0.1, 0.15) is 17.8 Å². The van der Waals surface area contributed by atoms with Gasteiger partial charge in [0.2, 0.25) is 11.8 Å². The molecular formula is C27H29N5O5S. The number of anilines is 1. The Kier molecular flexibility index (Phi) is 7.91. The zero-order valence-electron chi connectivity index (χ0n) is 21.5. The van der Waals surface area contributed by atoms with Crippen molar-refractivity contribution in [1.82, 2.24) is 19.7 Å². The molecule has 10 nitrogen and oxygen atoms in total. The molecule has 1 aromatic carbocycles. The van der Waals surface area contributed by atoms with Crippen molar-refractivity contribution >= 4 is 15.8 Å². The third kappa shape index (κ3) is 6.08. The van der Waals surface area contributed by atoms with E-state index in [1.807, 2.05) is 39.8 Å². The fourth-order valence-corrected chi connectivity index (χ4v) is 4.97. The Balaban J connectivity index is 1.75. The van der Waals surface area contributed by atoms with Gasteiger partial charge in [0, 0.05) is 17.8 Å². The average molecular weight is 536 g/mol. The third-order valence-corrected chi connectivity index (χ3v) is 6.91. The molecule has 0 bridgehead atoms. The summed E-state index contributed by atoms with van der Waals surface area (Å²) >= 11 is 0. The minimum atomic E-state index is -4.21. The van der Waals surface area contributed by atoms with Crippen LogP contribution in [0.5, 0.6) is 17.5 Å². The number of hydrogen-bond donors (Lipinski definition) is 3. The summed E-state index contributed by atoms with van der Waals surface area (Å²) < 4.78 is 39.6. The van der Waals surface area contributed by atoms with Gasteiger partial charge in [0.25, 0.3) is 10.0 Å². The number of sulfonamides is 1. The SMILES string of the molecule is CCOc1ccc(-c2ccc(C(O)NS(=O)(=O)c3cccc(N)n3)c(Oc3c(C)cc(C)cc3C)n2)cn1. The minimum absolute atomic E-state index is 0.0298. The molecule has 11 heteroatoms.